The van der Waals surface area contributed by atoms with E-state index in [2.05, 4.69) is 5.32 Å². The zero-order valence-corrected chi connectivity index (χ0v) is 11.9. The first kappa shape index (κ1) is 14.9. The van der Waals surface area contributed by atoms with Crippen LogP contribution in [-0.4, -0.2) is 35.2 Å². The molecule has 0 bridgehead atoms. The van der Waals surface area contributed by atoms with Crippen LogP contribution in [0.15, 0.2) is 0 Å². The minimum absolute atomic E-state index is 0.186. The van der Waals surface area contributed by atoms with Gasteiger partial charge in [-0.2, -0.15) is 0 Å². The maximum absolute atomic E-state index is 11.8. The van der Waals surface area contributed by atoms with Crippen LogP contribution in [0.2, 0.25) is 0 Å². The van der Waals surface area contributed by atoms with Gasteiger partial charge >= 0.3 is 11.9 Å². The molecule has 0 aliphatic carbocycles. The van der Waals surface area contributed by atoms with E-state index in [0.29, 0.717) is 11.4 Å². The normalized spacial score (nSPS) is 23.1. The second-order valence-electron chi connectivity index (χ2n) is 4.82. The minimum Gasteiger partial charge on any atom is -0.462 e. The maximum atomic E-state index is 11.8. The molecule has 102 valence electrons. The lowest BCUT2D eigenvalue weighted by molar-refractivity contribution is -0.151. The Morgan fingerprint density at radius 1 is 1.17 bits per heavy atom. The van der Waals surface area contributed by atoms with Crippen molar-refractivity contribution in [2.24, 2.45) is 5.92 Å². The summed E-state index contributed by atoms with van der Waals surface area (Å²) in [4.78, 5) is 23.8. The van der Waals surface area contributed by atoms with E-state index >= 15 is 0 Å². The Morgan fingerprint density at radius 3 is 2.17 bits per heavy atom. The number of hydrogen-bond donors (Lipinski definition) is 1. The quantitative estimate of drug-likeness (QED) is 0.613. The molecule has 0 saturated carbocycles. The molecule has 1 rings (SSSR count). The lowest BCUT2D eigenvalue weighted by atomic mass is 10.1. The number of rotatable bonds is 4. The average molecular weight is 273 g/mol. The molecular formula is C12H19NO4S. The Hall–Kier alpha value is -1.17. The molecular weight excluding hydrogens is 254 g/mol. The van der Waals surface area contributed by atoms with Gasteiger partial charge in [-0.05, 0) is 34.1 Å². The van der Waals surface area contributed by atoms with Gasteiger partial charge in [-0.1, -0.05) is 12.2 Å². The topological polar surface area (TPSA) is 64.6 Å². The van der Waals surface area contributed by atoms with Gasteiger partial charge in [-0.15, -0.1) is 0 Å². The van der Waals surface area contributed by atoms with Crippen LogP contribution in [0.1, 0.15) is 34.1 Å². The van der Waals surface area contributed by atoms with Gasteiger partial charge in [-0.3, -0.25) is 4.79 Å². The summed E-state index contributed by atoms with van der Waals surface area (Å²) in [6.07, 6.45) is -0.0767. The van der Waals surface area contributed by atoms with Gasteiger partial charge in [0.2, 0.25) is 0 Å². The van der Waals surface area contributed by atoms with Crippen LogP contribution >= 0.6 is 12.2 Å². The summed E-state index contributed by atoms with van der Waals surface area (Å²) in [5, 5.41) is 2.82. The smallest absolute Gasteiger partial charge is 0.328 e. The Morgan fingerprint density at radius 2 is 1.67 bits per heavy atom. The highest BCUT2D eigenvalue weighted by Gasteiger charge is 2.39. The van der Waals surface area contributed by atoms with E-state index in [9.17, 15) is 9.59 Å². The van der Waals surface area contributed by atoms with Crippen LogP contribution < -0.4 is 5.32 Å². The molecule has 0 amide bonds. The second kappa shape index (κ2) is 6.13. The molecule has 2 unspecified atom stereocenters. The van der Waals surface area contributed by atoms with Gasteiger partial charge in [0.25, 0.3) is 0 Å². The van der Waals surface area contributed by atoms with Crippen LogP contribution in [0.3, 0.4) is 0 Å². The summed E-state index contributed by atoms with van der Waals surface area (Å²) in [5.74, 6) is -1.32. The number of thiocarbonyl (C=S) groups is 1. The predicted molar refractivity (Wildman–Crippen MR) is 70.1 cm³/mol. The Labute approximate surface area is 112 Å². The molecule has 2 atom stereocenters. The van der Waals surface area contributed by atoms with Crippen LogP contribution in [0.5, 0.6) is 0 Å². The van der Waals surface area contributed by atoms with E-state index in [1.165, 1.54) is 0 Å². The van der Waals surface area contributed by atoms with Crippen molar-refractivity contribution in [3.8, 4) is 0 Å². The molecule has 1 aliphatic rings. The summed E-state index contributed by atoms with van der Waals surface area (Å²) in [5.41, 5.74) is 0. The van der Waals surface area contributed by atoms with Crippen molar-refractivity contribution < 1.29 is 19.1 Å². The molecule has 1 fully saturated rings. The summed E-state index contributed by atoms with van der Waals surface area (Å²) < 4.78 is 10.2. The minimum atomic E-state index is -0.551. The second-order valence-corrected chi connectivity index (χ2v) is 5.26. The number of carbonyl (C=O) groups excluding carboxylic acids is 2. The monoisotopic (exact) mass is 273 g/mol. The zero-order valence-electron chi connectivity index (χ0n) is 11.1. The van der Waals surface area contributed by atoms with Gasteiger partial charge < -0.3 is 14.8 Å². The van der Waals surface area contributed by atoms with Gasteiger partial charge in [0.1, 0.15) is 12.0 Å². The van der Waals surface area contributed by atoms with Crippen LogP contribution in [-0.2, 0) is 19.1 Å². The van der Waals surface area contributed by atoms with Gasteiger partial charge in [-0.25, -0.2) is 4.79 Å². The molecule has 0 aromatic heterocycles. The summed E-state index contributed by atoms with van der Waals surface area (Å²) in [7, 11) is 0. The molecule has 1 aliphatic heterocycles. The van der Waals surface area contributed by atoms with E-state index in [1.54, 1.807) is 27.7 Å². The molecule has 1 heterocycles. The fourth-order valence-electron chi connectivity index (χ4n) is 1.66. The summed E-state index contributed by atoms with van der Waals surface area (Å²) in [6, 6.07) is -0.551. The first-order valence-corrected chi connectivity index (χ1v) is 6.43. The molecule has 1 N–H and O–H groups in total. The Balaban J connectivity index is 2.58. The Kier molecular flexibility index (Phi) is 5.07. The summed E-state index contributed by atoms with van der Waals surface area (Å²) in [6.45, 7) is 7.09. The van der Waals surface area contributed by atoms with E-state index in [0.717, 1.165) is 0 Å². The highest BCUT2D eigenvalue weighted by molar-refractivity contribution is 7.80. The molecule has 0 radical (unpaired) electrons. The Bertz CT molecular complexity index is 354. The van der Waals surface area contributed by atoms with Crippen LogP contribution in [0.4, 0.5) is 0 Å². The standard InChI is InChI=1S/C12H19NO4S/c1-6(2)16-11(14)8-5-9(13-10(8)18)12(15)17-7(3)4/h6-9H,5H2,1-4H3,(H,13,18). The number of carbonyl (C=O) groups is 2. The zero-order chi connectivity index (χ0) is 13.9. The third-order valence-corrected chi connectivity index (χ3v) is 2.78. The molecule has 0 aromatic carbocycles. The molecule has 0 spiro atoms. The third kappa shape index (κ3) is 3.94. The summed E-state index contributed by atoms with van der Waals surface area (Å²) >= 11 is 5.06. The first-order chi connectivity index (χ1) is 8.31. The predicted octanol–water partition coefficient (Wildman–Crippen LogP) is 1.20. The lowest BCUT2D eigenvalue weighted by Crippen LogP contribution is -2.35. The van der Waals surface area contributed by atoms with Crippen LogP contribution in [0, 0.1) is 5.92 Å². The van der Waals surface area contributed by atoms with Crippen molar-refractivity contribution >= 4 is 29.1 Å². The number of hydrogen-bond acceptors (Lipinski definition) is 5. The van der Waals surface area contributed by atoms with Crippen molar-refractivity contribution in [2.75, 3.05) is 0 Å². The number of esters is 2. The first-order valence-electron chi connectivity index (χ1n) is 6.02. The maximum Gasteiger partial charge on any atom is 0.328 e. The fourth-order valence-corrected chi connectivity index (χ4v) is 2.00. The average Bonchev–Trinajstić information content (AvgIpc) is 2.58. The van der Waals surface area contributed by atoms with Crippen molar-refractivity contribution in [3.63, 3.8) is 0 Å². The number of nitrogens with one attached hydrogen (secondary N) is 1. The fraction of sp³-hybridized carbons (Fsp3) is 0.750. The van der Waals surface area contributed by atoms with E-state index in [1.807, 2.05) is 0 Å². The van der Waals surface area contributed by atoms with E-state index in [4.69, 9.17) is 21.7 Å². The van der Waals surface area contributed by atoms with E-state index < -0.39 is 12.0 Å². The highest BCUT2D eigenvalue weighted by Crippen LogP contribution is 2.20. The van der Waals surface area contributed by atoms with Gasteiger partial charge in [0.05, 0.1) is 17.2 Å². The SMILES string of the molecule is CC(C)OC(=O)C1CC(C(=O)OC(C)C)C(=S)N1. The van der Waals surface area contributed by atoms with Crippen molar-refractivity contribution in [1.82, 2.24) is 5.32 Å². The van der Waals surface area contributed by atoms with Crippen molar-refractivity contribution in [3.05, 3.63) is 0 Å². The van der Waals surface area contributed by atoms with Crippen molar-refractivity contribution in [2.45, 2.75) is 52.4 Å². The lowest BCUT2D eigenvalue weighted by Gasteiger charge is -2.13. The third-order valence-electron chi connectivity index (χ3n) is 2.38. The van der Waals surface area contributed by atoms with Gasteiger partial charge in [0.15, 0.2) is 0 Å². The molecule has 0 aromatic rings. The highest BCUT2D eigenvalue weighted by atomic mass is 32.1. The molecule has 5 nitrogen and oxygen atoms in total. The molecule has 6 heteroatoms. The van der Waals surface area contributed by atoms with Crippen molar-refractivity contribution in [1.29, 1.82) is 0 Å². The van der Waals surface area contributed by atoms with Gasteiger partial charge in [0, 0.05) is 0 Å². The molecule has 1 saturated heterocycles. The van der Waals surface area contributed by atoms with E-state index in [-0.39, 0.29) is 24.1 Å². The van der Waals surface area contributed by atoms with Crippen LogP contribution in [0.25, 0.3) is 0 Å². The number of ether oxygens (including phenoxy) is 2. The molecule has 18 heavy (non-hydrogen) atoms. The largest absolute Gasteiger partial charge is 0.462 e.